The predicted octanol–water partition coefficient (Wildman–Crippen LogP) is 2.82. The maximum absolute atomic E-state index is 5.90. The summed E-state index contributed by atoms with van der Waals surface area (Å²) < 4.78 is 11.2. The van der Waals surface area contributed by atoms with Crippen molar-refractivity contribution in [2.75, 3.05) is 27.2 Å². The summed E-state index contributed by atoms with van der Waals surface area (Å²) in [7, 11) is 4.03. The zero-order valence-electron chi connectivity index (χ0n) is 13.1. The molecule has 0 radical (unpaired) electrons. The molecule has 0 aliphatic heterocycles. The summed E-state index contributed by atoms with van der Waals surface area (Å²) in [4.78, 5) is 2.23. The van der Waals surface area contributed by atoms with E-state index in [0.29, 0.717) is 6.61 Å². The first-order valence-corrected chi connectivity index (χ1v) is 7.27. The summed E-state index contributed by atoms with van der Waals surface area (Å²) in [5.41, 5.74) is 2.42. The number of ether oxygens (including phenoxy) is 1. The number of para-hydroxylation sites is 1. The zero-order chi connectivity index (χ0) is 15.1. The van der Waals surface area contributed by atoms with Gasteiger partial charge in [0.15, 0.2) is 0 Å². The van der Waals surface area contributed by atoms with Crippen molar-refractivity contribution in [2.24, 2.45) is 0 Å². The fraction of sp³-hybridized carbons (Fsp3) is 0.412. The van der Waals surface area contributed by atoms with Crippen LogP contribution in [0.4, 0.5) is 0 Å². The Kier molecular flexibility index (Phi) is 5.84. The van der Waals surface area contributed by atoms with Gasteiger partial charge in [0.05, 0.1) is 6.26 Å². The lowest BCUT2D eigenvalue weighted by atomic mass is 10.2. The Hall–Kier alpha value is -1.78. The van der Waals surface area contributed by atoms with E-state index in [-0.39, 0.29) is 0 Å². The van der Waals surface area contributed by atoms with E-state index in [2.05, 4.69) is 23.3 Å². The summed E-state index contributed by atoms with van der Waals surface area (Å²) in [6, 6.07) is 10.2. The highest BCUT2D eigenvalue weighted by molar-refractivity contribution is 5.33. The Morgan fingerprint density at radius 2 is 2.00 bits per heavy atom. The number of furan rings is 1. The first kappa shape index (κ1) is 15.6. The van der Waals surface area contributed by atoms with Crippen molar-refractivity contribution >= 4 is 0 Å². The lowest BCUT2D eigenvalue weighted by Gasteiger charge is -2.17. The molecule has 0 aliphatic carbocycles. The molecule has 1 aromatic heterocycles. The van der Waals surface area contributed by atoms with Gasteiger partial charge in [-0.05, 0) is 33.2 Å². The first-order valence-electron chi connectivity index (χ1n) is 7.27. The van der Waals surface area contributed by atoms with Crippen LogP contribution in [0.3, 0.4) is 0 Å². The van der Waals surface area contributed by atoms with Crippen molar-refractivity contribution in [1.82, 2.24) is 10.2 Å². The molecule has 1 aromatic carbocycles. The van der Waals surface area contributed by atoms with E-state index in [1.54, 1.807) is 6.26 Å². The summed E-state index contributed by atoms with van der Waals surface area (Å²) >= 11 is 0. The molecular weight excluding hydrogens is 264 g/mol. The normalized spacial score (nSPS) is 11.0. The van der Waals surface area contributed by atoms with Gasteiger partial charge in [-0.2, -0.15) is 0 Å². The van der Waals surface area contributed by atoms with Crippen LogP contribution in [0.15, 0.2) is 41.0 Å². The van der Waals surface area contributed by atoms with Crippen LogP contribution in [-0.4, -0.2) is 32.1 Å². The number of nitrogens with zero attached hydrogens (tertiary/aromatic N) is 1. The van der Waals surface area contributed by atoms with Gasteiger partial charge >= 0.3 is 0 Å². The van der Waals surface area contributed by atoms with Gasteiger partial charge in [-0.25, -0.2) is 0 Å². The van der Waals surface area contributed by atoms with Crippen molar-refractivity contribution in [3.63, 3.8) is 0 Å². The summed E-state index contributed by atoms with van der Waals surface area (Å²) in [6.07, 6.45) is 1.74. The third-order valence-corrected chi connectivity index (χ3v) is 3.48. The van der Waals surface area contributed by atoms with Gasteiger partial charge in [0, 0.05) is 30.8 Å². The molecule has 0 bridgehead atoms. The Balaban J connectivity index is 1.80. The zero-order valence-corrected chi connectivity index (χ0v) is 13.1. The van der Waals surface area contributed by atoms with Crippen molar-refractivity contribution in [2.45, 2.75) is 20.0 Å². The molecule has 2 rings (SSSR count). The molecule has 0 unspecified atom stereocenters. The number of hydrogen-bond acceptors (Lipinski definition) is 4. The molecule has 1 heterocycles. The Morgan fingerprint density at radius 3 is 2.71 bits per heavy atom. The number of hydrogen-bond donors (Lipinski definition) is 1. The van der Waals surface area contributed by atoms with Crippen LogP contribution in [0.5, 0.6) is 5.75 Å². The average Bonchev–Trinajstić information content (AvgIpc) is 2.86. The molecule has 2 aromatic rings. The molecule has 0 saturated carbocycles. The van der Waals surface area contributed by atoms with Crippen LogP contribution >= 0.6 is 0 Å². The second-order valence-electron chi connectivity index (χ2n) is 5.23. The number of nitrogens with one attached hydrogen (secondary N) is 1. The van der Waals surface area contributed by atoms with E-state index in [1.165, 1.54) is 11.1 Å². The Labute approximate surface area is 126 Å². The summed E-state index contributed by atoms with van der Waals surface area (Å²) in [5.74, 6) is 1.95. The van der Waals surface area contributed by atoms with Crippen LogP contribution in [0.1, 0.15) is 16.9 Å². The predicted molar refractivity (Wildman–Crippen MR) is 84.5 cm³/mol. The molecule has 4 heteroatoms. The van der Waals surface area contributed by atoms with E-state index in [0.717, 1.165) is 31.1 Å². The van der Waals surface area contributed by atoms with Gasteiger partial charge in [0.25, 0.3) is 0 Å². The summed E-state index contributed by atoms with van der Waals surface area (Å²) in [6.45, 7) is 5.24. The molecule has 4 nitrogen and oxygen atoms in total. The molecule has 0 atom stereocenters. The number of aryl methyl sites for hydroxylation is 1. The highest BCUT2D eigenvalue weighted by Gasteiger charge is 2.06. The van der Waals surface area contributed by atoms with Gasteiger partial charge in [-0.3, -0.25) is 4.90 Å². The van der Waals surface area contributed by atoms with Crippen LogP contribution in [0.2, 0.25) is 0 Å². The molecule has 0 fully saturated rings. The maximum atomic E-state index is 5.90. The minimum absolute atomic E-state index is 0.675. The smallest absolute Gasteiger partial charge is 0.123 e. The third kappa shape index (κ3) is 4.62. The van der Waals surface area contributed by atoms with Gasteiger partial charge < -0.3 is 14.5 Å². The quantitative estimate of drug-likeness (QED) is 0.810. The Bertz CT molecular complexity index is 551. The monoisotopic (exact) mass is 288 g/mol. The van der Waals surface area contributed by atoms with Gasteiger partial charge in [0.1, 0.15) is 18.1 Å². The fourth-order valence-electron chi connectivity index (χ4n) is 2.24. The molecule has 0 spiro atoms. The highest BCUT2D eigenvalue weighted by atomic mass is 16.5. The topological polar surface area (TPSA) is 37.6 Å². The van der Waals surface area contributed by atoms with Gasteiger partial charge in [0.2, 0.25) is 0 Å². The average molecular weight is 288 g/mol. The second-order valence-corrected chi connectivity index (χ2v) is 5.23. The van der Waals surface area contributed by atoms with E-state index in [9.17, 15) is 0 Å². The van der Waals surface area contributed by atoms with E-state index >= 15 is 0 Å². The number of benzene rings is 1. The molecule has 21 heavy (non-hydrogen) atoms. The van der Waals surface area contributed by atoms with Crippen molar-refractivity contribution in [3.05, 3.63) is 53.5 Å². The van der Waals surface area contributed by atoms with E-state index in [1.807, 2.05) is 38.2 Å². The van der Waals surface area contributed by atoms with Gasteiger partial charge in [-0.15, -0.1) is 0 Å². The minimum Gasteiger partial charge on any atom is -0.492 e. The van der Waals surface area contributed by atoms with E-state index < -0.39 is 0 Å². The van der Waals surface area contributed by atoms with Crippen LogP contribution in [0.25, 0.3) is 0 Å². The third-order valence-electron chi connectivity index (χ3n) is 3.48. The van der Waals surface area contributed by atoms with Gasteiger partial charge in [-0.1, -0.05) is 18.2 Å². The fourth-order valence-corrected chi connectivity index (χ4v) is 2.24. The molecule has 0 amide bonds. The van der Waals surface area contributed by atoms with Crippen LogP contribution < -0.4 is 10.1 Å². The van der Waals surface area contributed by atoms with Crippen LogP contribution in [-0.2, 0) is 13.1 Å². The molecule has 1 N–H and O–H groups in total. The lowest BCUT2D eigenvalue weighted by molar-refractivity contribution is 0.230. The molecule has 0 saturated heterocycles. The summed E-state index contributed by atoms with van der Waals surface area (Å²) in [5, 5.41) is 3.16. The highest BCUT2D eigenvalue weighted by Crippen LogP contribution is 2.17. The minimum atomic E-state index is 0.675. The molecule has 0 aliphatic rings. The van der Waals surface area contributed by atoms with Crippen molar-refractivity contribution < 1.29 is 9.15 Å². The van der Waals surface area contributed by atoms with Crippen molar-refractivity contribution in [1.29, 1.82) is 0 Å². The largest absolute Gasteiger partial charge is 0.492 e. The first-order chi connectivity index (χ1) is 10.2. The maximum Gasteiger partial charge on any atom is 0.123 e. The van der Waals surface area contributed by atoms with Crippen LogP contribution in [0, 0.1) is 6.92 Å². The van der Waals surface area contributed by atoms with E-state index in [4.69, 9.17) is 9.15 Å². The molecule has 114 valence electrons. The number of rotatable bonds is 8. The number of likely N-dealkylation sites (N-methyl/N-ethyl adjacent to an activating group) is 1. The molecular formula is C17H24N2O2. The standard InChI is InChI=1S/C17H24N2O2/c1-14-16(8-10-20-14)13-19(3)9-11-21-17-7-5-4-6-15(17)12-18-2/h4-8,10,18H,9,11-13H2,1-3H3. The second kappa shape index (κ2) is 7.86. The Morgan fingerprint density at radius 1 is 1.19 bits per heavy atom. The SMILES string of the molecule is CNCc1ccccc1OCCN(C)Cc1ccoc1C. The lowest BCUT2D eigenvalue weighted by Crippen LogP contribution is -2.24. The van der Waals surface area contributed by atoms with Crippen molar-refractivity contribution in [3.8, 4) is 5.75 Å².